The predicted octanol–water partition coefficient (Wildman–Crippen LogP) is 2.72. The van der Waals surface area contributed by atoms with Crippen LogP contribution in [0.5, 0.6) is 0 Å². The molecule has 6 rings (SSSR count). The molecule has 0 radical (unpaired) electrons. The summed E-state index contributed by atoms with van der Waals surface area (Å²) in [6.45, 7) is 3.61. The minimum atomic E-state index is -0.348. The minimum absolute atomic E-state index is 0.0142. The monoisotopic (exact) mass is 560 g/mol. The number of nitrogens with one attached hydrogen (secondary N) is 4. The highest BCUT2D eigenvalue weighted by molar-refractivity contribution is 5.89. The summed E-state index contributed by atoms with van der Waals surface area (Å²) >= 11 is 0. The number of benzene rings is 1. The first-order chi connectivity index (χ1) is 19.9. The second kappa shape index (κ2) is 11.6. The Bertz CT molecular complexity index is 1380. The molecule has 1 saturated carbocycles. The van der Waals surface area contributed by atoms with E-state index in [1.54, 1.807) is 6.07 Å². The first-order valence-corrected chi connectivity index (χ1v) is 15.1. The van der Waals surface area contributed by atoms with Crippen LogP contribution in [0.3, 0.4) is 0 Å². The van der Waals surface area contributed by atoms with E-state index in [1.165, 1.54) is 13.3 Å². The molecule has 1 aromatic carbocycles. The molecule has 41 heavy (non-hydrogen) atoms. The molecule has 4 amide bonds. The molecule has 2 aromatic rings. The van der Waals surface area contributed by atoms with Crippen LogP contribution in [0.2, 0.25) is 0 Å². The molecule has 10 heteroatoms. The number of carbonyl (C=O) groups excluding carboxylic acids is 3. The molecule has 4 atom stereocenters. The maximum Gasteiger partial charge on any atom is 0.315 e. The number of hydrogen-bond acceptors (Lipinski definition) is 5. The zero-order valence-electron chi connectivity index (χ0n) is 23.7. The fraction of sp³-hybridized carbons (Fsp3) is 0.548. The molecule has 4 unspecified atom stereocenters. The quantitative estimate of drug-likeness (QED) is 0.405. The molecule has 10 nitrogen and oxygen atoms in total. The van der Waals surface area contributed by atoms with Gasteiger partial charge in [-0.2, -0.15) is 0 Å². The molecule has 4 heterocycles. The van der Waals surface area contributed by atoms with Crippen molar-refractivity contribution in [3.63, 3.8) is 0 Å². The van der Waals surface area contributed by atoms with Crippen molar-refractivity contribution in [2.24, 2.45) is 11.8 Å². The number of fused-ring (bicyclic) bond motifs is 8. The topological polar surface area (TPSA) is 125 Å². The van der Waals surface area contributed by atoms with E-state index in [2.05, 4.69) is 32.2 Å². The van der Waals surface area contributed by atoms with Crippen molar-refractivity contribution < 1.29 is 14.4 Å². The summed E-state index contributed by atoms with van der Waals surface area (Å²) in [4.78, 5) is 53.0. The lowest BCUT2D eigenvalue weighted by molar-refractivity contribution is -0.126. The van der Waals surface area contributed by atoms with E-state index >= 15 is 0 Å². The molecule has 0 spiro atoms. The second-order valence-electron chi connectivity index (χ2n) is 12.1. The largest absolute Gasteiger partial charge is 0.366 e. The number of pyridine rings is 1. The van der Waals surface area contributed by atoms with E-state index in [9.17, 15) is 19.2 Å². The van der Waals surface area contributed by atoms with Crippen molar-refractivity contribution in [3.8, 4) is 0 Å². The van der Waals surface area contributed by atoms with Crippen molar-refractivity contribution in [2.75, 3.05) is 29.9 Å². The lowest BCUT2D eigenvalue weighted by Gasteiger charge is -2.54. The molecule has 1 saturated heterocycles. The first-order valence-electron chi connectivity index (χ1n) is 15.1. The Balaban J connectivity index is 1.20. The van der Waals surface area contributed by atoms with Gasteiger partial charge in [0, 0.05) is 74.2 Å². The van der Waals surface area contributed by atoms with Crippen LogP contribution in [-0.4, -0.2) is 54.1 Å². The number of amides is 4. The Kier molecular flexibility index (Phi) is 7.73. The molecular weight excluding hydrogens is 520 g/mol. The fourth-order valence-electron chi connectivity index (χ4n) is 7.58. The van der Waals surface area contributed by atoms with Crippen LogP contribution < -0.4 is 31.7 Å². The van der Waals surface area contributed by atoms with Crippen LogP contribution in [0.1, 0.15) is 62.6 Å². The maximum absolute atomic E-state index is 13.8. The highest BCUT2D eigenvalue weighted by atomic mass is 16.2. The van der Waals surface area contributed by atoms with Crippen molar-refractivity contribution >= 4 is 29.2 Å². The van der Waals surface area contributed by atoms with Crippen molar-refractivity contribution in [3.05, 3.63) is 58.0 Å². The lowest BCUT2D eigenvalue weighted by Crippen LogP contribution is -2.60. The van der Waals surface area contributed by atoms with Crippen molar-refractivity contribution in [1.82, 2.24) is 20.5 Å². The highest BCUT2D eigenvalue weighted by Gasteiger charge is 2.49. The number of carbonyl (C=O) groups is 3. The molecule has 3 aliphatic heterocycles. The third kappa shape index (κ3) is 5.69. The van der Waals surface area contributed by atoms with Gasteiger partial charge in [-0.15, -0.1) is 0 Å². The van der Waals surface area contributed by atoms with Gasteiger partial charge in [0.15, 0.2) is 0 Å². The summed E-state index contributed by atoms with van der Waals surface area (Å²) in [5, 5.41) is 11.9. The van der Waals surface area contributed by atoms with Gasteiger partial charge in [0.05, 0.1) is 5.92 Å². The van der Waals surface area contributed by atoms with Gasteiger partial charge in [-0.25, -0.2) is 4.79 Å². The Morgan fingerprint density at radius 3 is 2.59 bits per heavy atom. The molecule has 1 aliphatic carbocycles. The van der Waals surface area contributed by atoms with Crippen LogP contribution in [-0.2, 0) is 22.6 Å². The summed E-state index contributed by atoms with van der Waals surface area (Å²) in [6, 6.07) is 11.4. The molecule has 4 N–H and O–H groups in total. The molecule has 2 fully saturated rings. The van der Waals surface area contributed by atoms with Gasteiger partial charge in [0.2, 0.25) is 11.8 Å². The smallest absolute Gasteiger partial charge is 0.315 e. The SMILES string of the molecule is CC(=O)Nc1ccc2c(c1)CC(C(=O)NCCNC(=O)NC1CCCCC1)C1C3CC(CN21)Cn1c3cccc1=O. The van der Waals surface area contributed by atoms with Gasteiger partial charge in [-0.1, -0.05) is 25.3 Å². The lowest BCUT2D eigenvalue weighted by atomic mass is 9.69. The third-order valence-electron chi connectivity index (χ3n) is 9.27. The molecule has 2 bridgehead atoms. The van der Waals surface area contributed by atoms with Gasteiger partial charge >= 0.3 is 6.03 Å². The minimum Gasteiger partial charge on any atom is -0.366 e. The Morgan fingerprint density at radius 2 is 1.78 bits per heavy atom. The van der Waals surface area contributed by atoms with Crippen LogP contribution in [0.4, 0.5) is 16.2 Å². The fourth-order valence-corrected chi connectivity index (χ4v) is 7.58. The van der Waals surface area contributed by atoms with E-state index in [1.807, 2.05) is 28.8 Å². The van der Waals surface area contributed by atoms with Gasteiger partial charge in [-0.05, 0) is 61.4 Å². The predicted molar refractivity (Wildman–Crippen MR) is 157 cm³/mol. The van der Waals surface area contributed by atoms with Crippen molar-refractivity contribution in [1.29, 1.82) is 0 Å². The summed E-state index contributed by atoms with van der Waals surface area (Å²) in [5.74, 6) is -0.185. The van der Waals surface area contributed by atoms with Gasteiger partial charge < -0.3 is 30.7 Å². The van der Waals surface area contributed by atoms with Gasteiger partial charge in [-0.3, -0.25) is 14.4 Å². The Morgan fingerprint density at radius 1 is 0.976 bits per heavy atom. The van der Waals surface area contributed by atoms with E-state index in [0.717, 1.165) is 61.3 Å². The first kappa shape index (κ1) is 27.4. The third-order valence-corrected chi connectivity index (χ3v) is 9.27. The number of rotatable bonds is 6. The van der Waals surface area contributed by atoms with E-state index in [4.69, 9.17) is 0 Å². The average Bonchev–Trinajstić information content (AvgIpc) is 2.95. The number of hydrogen-bond donors (Lipinski definition) is 4. The van der Waals surface area contributed by atoms with Crippen LogP contribution in [0.15, 0.2) is 41.2 Å². The van der Waals surface area contributed by atoms with Crippen LogP contribution in [0.25, 0.3) is 0 Å². The second-order valence-corrected chi connectivity index (χ2v) is 12.1. The number of anilines is 2. The summed E-state index contributed by atoms with van der Waals surface area (Å²) in [6.07, 6.45) is 7.04. The number of aromatic nitrogens is 1. The summed E-state index contributed by atoms with van der Waals surface area (Å²) in [7, 11) is 0. The zero-order chi connectivity index (χ0) is 28.5. The molecule has 218 valence electrons. The maximum atomic E-state index is 13.8. The van der Waals surface area contributed by atoms with Gasteiger partial charge in [0.25, 0.3) is 5.56 Å². The Hall–Kier alpha value is -3.82. The number of piperidine rings is 1. The van der Waals surface area contributed by atoms with Crippen LogP contribution >= 0.6 is 0 Å². The highest BCUT2D eigenvalue weighted by Crippen LogP contribution is 2.48. The number of urea groups is 1. The van der Waals surface area contributed by atoms with Crippen LogP contribution in [0, 0.1) is 11.8 Å². The van der Waals surface area contributed by atoms with E-state index < -0.39 is 0 Å². The van der Waals surface area contributed by atoms with Crippen molar-refractivity contribution in [2.45, 2.75) is 76.4 Å². The average molecular weight is 561 g/mol. The summed E-state index contributed by atoms with van der Waals surface area (Å²) in [5.41, 5.74) is 3.86. The normalized spacial score (nSPS) is 24.8. The zero-order valence-corrected chi connectivity index (χ0v) is 23.7. The molecule has 1 aromatic heterocycles. The number of nitrogens with zero attached hydrogens (tertiary/aromatic N) is 2. The summed E-state index contributed by atoms with van der Waals surface area (Å²) < 4.78 is 1.90. The standard InChI is InChI=1S/C31H40N6O4/c1-19(38)34-23-10-11-26-21(15-23)16-25(30(40)32-12-13-33-31(41)35-22-6-3-2-4-7-22)29-24-14-20(18-37(26)29)17-36-27(24)8-5-9-28(36)39/h5,8-11,15,20,22,24-25,29H,2-4,6-7,12-14,16-18H2,1H3,(H,32,40)(H,34,38)(H2,33,35,41). The Labute approximate surface area is 240 Å². The van der Waals surface area contributed by atoms with Gasteiger partial charge in [0.1, 0.15) is 0 Å². The molecular formula is C31H40N6O4. The molecule has 4 aliphatic rings. The van der Waals surface area contributed by atoms with E-state index in [-0.39, 0.29) is 47.3 Å². The van der Waals surface area contributed by atoms with E-state index in [0.29, 0.717) is 32.0 Å².